The van der Waals surface area contributed by atoms with E-state index >= 15 is 0 Å². The van der Waals surface area contributed by atoms with Crippen LogP contribution in [-0.2, 0) is 14.4 Å². The molecule has 1 aliphatic carbocycles. The predicted molar refractivity (Wildman–Crippen MR) is 114 cm³/mol. The average Bonchev–Trinajstić information content (AvgIpc) is 3.05. The molecule has 2 heterocycles. The summed E-state index contributed by atoms with van der Waals surface area (Å²) < 4.78 is 0. The predicted octanol–water partition coefficient (Wildman–Crippen LogP) is 0.686. The molecule has 10 heteroatoms. The topological polar surface area (TPSA) is 152 Å². The fourth-order valence-corrected chi connectivity index (χ4v) is 5.31. The summed E-state index contributed by atoms with van der Waals surface area (Å²) in [4.78, 5) is 51.4. The molecule has 3 fully saturated rings. The van der Waals surface area contributed by atoms with Gasteiger partial charge in [0.2, 0.25) is 17.7 Å². The number of nitrogens with zero attached hydrogens (tertiary/aromatic N) is 2. The molecular formula is C22H33N5O5. The number of rotatable bonds is 6. The van der Waals surface area contributed by atoms with Gasteiger partial charge in [0.1, 0.15) is 18.1 Å². The minimum absolute atomic E-state index is 0.0639. The van der Waals surface area contributed by atoms with Gasteiger partial charge in [-0.3, -0.25) is 14.4 Å². The zero-order valence-electron chi connectivity index (χ0n) is 19.3. The highest BCUT2D eigenvalue weighted by atomic mass is 16.4. The van der Waals surface area contributed by atoms with Crippen molar-refractivity contribution in [2.45, 2.75) is 65.6 Å². The van der Waals surface area contributed by atoms with E-state index in [1.165, 1.54) is 4.90 Å². The summed E-state index contributed by atoms with van der Waals surface area (Å²) in [5, 5.41) is 26.6. The zero-order chi connectivity index (χ0) is 24.0. The summed E-state index contributed by atoms with van der Waals surface area (Å²) in [6.07, 6.45) is -0.465. The molecule has 0 aromatic rings. The number of carbonyl (C=O) groups is 4. The molecule has 3 aliphatic rings. The van der Waals surface area contributed by atoms with Crippen LogP contribution in [0.2, 0.25) is 0 Å². The molecule has 0 aromatic carbocycles. The third-order valence-electron chi connectivity index (χ3n) is 7.30. The second-order valence-electron chi connectivity index (χ2n) is 10.8. The van der Waals surface area contributed by atoms with Crippen molar-refractivity contribution in [1.29, 1.82) is 5.26 Å². The molecule has 10 nitrogen and oxygen atoms in total. The number of carboxylic acid groups (broad SMARTS) is 1. The maximum atomic E-state index is 13.4. The fraction of sp³-hybridized carbons (Fsp3) is 0.773. The molecule has 4 N–H and O–H groups in total. The van der Waals surface area contributed by atoms with E-state index in [2.05, 4.69) is 22.0 Å². The Bertz CT molecular complexity index is 858. The Morgan fingerprint density at radius 3 is 2.47 bits per heavy atom. The van der Waals surface area contributed by atoms with Crippen LogP contribution in [-0.4, -0.2) is 65.0 Å². The number of nitriles is 1. The van der Waals surface area contributed by atoms with Crippen LogP contribution in [0.3, 0.4) is 0 Å². The Hall–Kier alpha value is -2.83. The Labute approximate surface area is 188 Å². The van der Waals surface area contributed by atoms with Crippen LogP contribution in [0.15, 0.2) is 0 Å². The number of fused-ring (bicyclic) bond motifs is 1. The van der Waals surface area contributed by atoms with Gasteiger partial charge in [0.15, 0.2) is 0 Å². The maximum Gasteiger partial charge on any atom is 0.405 e. The van der Waals surface area contributed by atoms with Crippen molar-refractivity contribution < 1.29 is 24.3 Å². The molecular weight excluding hydrogens is 414 g/mol. The van der Waals surface area contributed by atoms with Gasteiger partial charge in [-0.2, -0.15) is 5.26 Å². The molecule has 0 aromatic heterocycles. The highest BCUT2D eigenvalue weighted by Crippen LogP contribution is 2.65. The average molecular weight is 448 g/mol. The lowest BCUT2D eigenvalue weighted by Crippen LogP contribution is -2.59. The van der Waals surface area contributed by atoms with Gasteiger partial charge in [-0.25, -0.2) is 4.79 Å². The lowest BCUT2D eigenvalue weighted by molar-refractivity contribution is -0.144. The van der Waals surface area contributed by atoms with Gasteiger partial charge in [0.05, 0.1) is 6.07 Å². The standard InChI is InChI=1S/C22H33N5O5/c1-21(2,3)16(26-20(31)32)19(30)27-10-13-14(22(13,4)5)15(27)18(29)25-12(9-23)8-11-6-7-24-17(11)28/h11-16,26H,6-8,10H2,1-5H3,(H,24,28)(H,25,29)(H,31,32)/t11-,12-,13-,14-,15-,16+/m0/s1. The second kappa shape index (κ2) is 8.26. The molecule has 0 radical (unpaired) electrons. The van der Waals surface area contributed by atoms with Gasteiger partial charge in [-0.05, 0) is 35.5 Å². The van der Waals surface area contributed by atoms with Gasteiger partial charge in [-0.1, -0.05) is 34.6 Å². The summed E-state index contributed by atoms with van der Waals surface area (Å²) in [5.41, 5.74) is -0.812. The number of piperidine rings is 1. The zero-order valence-corrected chi connectivity index (χ0v) is 19.3. The third kappa shape index (κ3) is 4.38. The molecule has 0 bridgehead atoms. The number of hydrogen-bond donors (Lipinski definition) is 4. The molecule has 3 rings (SSSR count). The van der Waals surface area contributed by atoms with Crippen LogP contribution < -0.4 is 16.0 Å². The van der Waals surface area contributed by atoms with Gasteiger partial charge < -0.3 is 26.0 Å². The molecule has 32 heavy (non-hydrogen) atoms. The smallest absolute Gasteiger partial charge is 0.405 e. The maximum absolute atomic E-state index is 13.4. The van der Waals surface area contributed by atoms with Crippen molar-refractivity contribution in [3.05, 3.63) is 0 Å². The molecule has 2 saturated heterocycles. The van der Waals surface area contributed by atoms with Crippen LogP contribution in [0.25, 0.3) is 0 Å². The summed E-state index contributed by atoms with van der Waals surface area (Å²) in [6.45, 7) is 10.3. The van der Waals surface area contributed by atoms with Gasteiger partial charge >= 0.3 is 6.09 Å². The SMILES string of the molecule is CC(C)(C)[C@H](NC(=O)O)C(=O)N1C[C@H]2[C@@H]([C@H]1C(=O)N[C@H](C#N)C[C@@H]1CCNC1=O)C2(C)C. The monoisotopic (exact) mass is 447 g/mol. The van der Waals surface area contributed by atoms with Gasteiger partial charge in [0, 0.05) is 19.0 Å². The number of amides is 4. The Balaban J connectivity index is 1.78. The lowest BCUT2D eigenvalue weighted by Gasteiger charge is -2.37. The minimum atomic E-state index is -1.30. The molecule has 0 spiro atoms. The van der Waals surface area contributed by atoms with Crippen molar-refractivity contribution in [2.24, 2.45) is 28.6 Å². The van der Waals surface area contributed by atoms with E-state index in [-0.39, 0.29) is 35.5 Å². The van der Waals surface area contributed by atoms with E-state index in [9.17, 15) is 29.5 Å². The van der Waals surface area contributed by atoms with Crippen LogP contribution in [0, 0.1) is 39.9 Å². The molecule has 4 amide bonds. The molecule has 1 saturated carbocycles. The number of carbonyl (C=O) groups excluding carboxylic acids is 3. The van der Waals surface area contributed by atoms with Crippen molar-refractivity contribution in [1.82, 2.24) is 20.9 Å². The Morgan fingerprint density at radius 1 is 1.31 bits per heavy atom. The summed E-state index contributed by atoms with van der Waals surface area (Å²) in [5.74, 6) is -1.24. The molecule has 0 unspecified atom stereocenters. The normalized spacial score (nSPS) is 29.9. The Morgan fingerprint density at radius 2 is 1.97 bits per heavy atom. The van der Waals surface area contributed by atoms with Crippen molar-refractivity contribution in [3.8, 4) is 6.07 Å². The first kappa shape index (κ1) is 23.8. The van der Waals surface area contributed by atoms with E-state index in [1.807, 2.05) is 13.8 Å². The molecule has 176 valence electrons. The number of likely N-dealkylation sites (tertiary alicyclic amines) is 1. The quantitative estimate of drug-likeness (QED) is 0.470. The van der Waals surface area contributed by atoms with Crippen LogP contribution in [0.1, 0.15) is 47.5 Å². The van der Waals surface area contributed by atoms with E-state index in [1.54, 1.807) is 20.8 Å². The summed E-state index contributed by atoms with van der Waals surface area (Å²) in [6, 6.07) is -0.569. The van der Waals surface area contributed by atoms with Crippen LogP contribution in [0.4, 0.5) is 4.79 Å². The lowest BCUT2D eigenvalue weighted by atomic mass is 9.85. The first-order valence-corrected chi connectivity index (χ1v) is 11.1. The van der Waals surface area contributed by atoms with Crippen LogP contribution >= 0.6 is 0 Å². The molecule has 2 aliphatic heterocycles. The first-order chi connectivity index (χ1) is 14.8. The largest absolute Gasteiger partial charge is 0.465 e. The van der Waals surface area contributed by atoms with Crippen molar-refractivity contribution >= 4 is 23.8 Å². The summed E-state index contributed by atoms with van der Waals surface area (Å²) >= 11 is 0. The highest BCUT2D eigenvalue weighted by Gasteiger charge is 2.69. The van der Waals surface area contributed by atoms with Crippen molar-refractivity contribution in [2.75, 3.05) is 13.1 Å². The van der Waals surface area contributed by atoms with E-state index in [0.717, 1.165) is 0 Å². The van der Waals surface area contributed by atoms with Gasteiger partial charge in [0.25, 0.3) is 0 Å². The molecule has 6 atom stereocenters. The van der Waals surface area contributed by atoms with Gasteiger partial charge in [-0.15, -0.1) is 0 Å². The fourth-order valence-electron chi connectivity index (χ4n) is 5.31. The van der Waals surface area contributed by atoms with E-state index < -0.39 is 41.4 Å². The third-order valence-corrected chi connectivity index (χ3v) is 7.30. The number of nitrogens with one attached hydrogen (secondary N) is 3. The number of hydrogen-bond acceptors (Lipinski definition) is 5. The highest BCUT2D eigenvalue weighted by molar-refractivity contribution is 5.93. The van der Waals surface area contributed by atoms with E-state index in [0.29, 0.717) is 19.5 Å². The Kier molecular flexibility index (Phi) is 6.15. The second-order valence-corrected chi connectivity index (χ2v) is 10.8. The summed E-state index contributed by atoms with van der Waals surface area (Å²) in [7, 11) is 0. The van der Waals surface area contributed by atoms with E-state index in [4.69, 9.17) is 0 Å². The first-order valence-electron chi connectivity index (χ1n) is 11.1. The van der Waals surface area contributed by atoms with Crippen molar-refractivity contribution in [3.63, 3.8) is 0 Å². The minimum Gasteiger partial charge on any atom is -0.465 e. The van der Waals surface area contributed by atoms with Crippen LogP contribution in [0.5, 0.6) is 0 Å².